The van der Waals surface area contributed by atoms with Crippen LogP contribution in [0.2, 0.25) is 0 Å². The van der Waals surface area contributed by atoms with E-state index in [-0.39, 0.29) is 32.7 Å². The molecule has 0 unspecified atom stereocenters. The van der Waals surface area contributed by atoms with Gasteiger partial charge in [-0.1, -0.05) is 0 Å². The van der Waals surface area contributed by atoms with Gasteiger partial charge in [0.2, 0.25) is 0 Å². The van der Waals surface area contributed by atoms with Gasteiger partial charge in [0.25, 0.3) is 0 Å². The Labute approximate surface area is 81.2 Å². The summed E-state index contributed by atoms with van der Waals surface area (Å²) in [6.45, 7) is 7.54. The first-order valence-electron chi connectivity index (χ1n) is 2.41. The van der Waals surface area contributed by atoms with Crippen molar-refractivity contribution in [3.8, 4) is 0 Å². The topological polar surface area (TPSA) is 20.3 Å². The summed E-state index contributed by atoms with van der Waals surface area (Å²) in [5.41, 5.74) is 0. The third-order valence-corrected chi connectivity index (χ3v) is 0.737. The minimum Gasteiger partial charge on any atom is -0.485 e. The van der Waals surface area contributed by atoms with E-state index in [1.165, 1.54) is 11.1 Å². The number of rotatable bonds is 4. The van der Waals surface area contributed by atoms with Crippen molar-refractivity contribution in [1.82, 2.24) is 4.90 Å². The molecule has 3 heteroatoms. The zero-order chi connectivity index (χ0) is 6.41. The molecule has 1 radical (unpaired) electrons. The van der Waals surface area contributed by atoms with E-state index in [2.05, 4.69) is 13.5 Å². The summed E-state index contributed by atoms with van der Waals surface area (Å²) in [5.74, 6) is 0. The molecule has 2 nitrogen and oxygen atoms in total. The van der Waals surface area contributed by atoms with Crippen molar-refractivity contribution in [3.63, 3.8) is 0 Å². The average molecular weight is 200 g/mol. The van der Waals surface area contributed by atoms with E-state index >= 15 is 0 Å². The molecule has 1 amide bonds. The van der Waals surface area contributed by atoms with E-state index in [1.54, 1.807) is 6.41 Å². The van der Waals surface area contributed by atoms with Gasteiger partial charge in [-0.25, -0.2) is 0 Å². The minimum atomic E-state index is 0. The fourth-order valence-electron chi connectivity index (χ4n) is 0.345. The van der Waals surface area contributed by atoms with Gasteiger partial charge < -0.3 is 16.6 Å². The molecule has 9 heavy (non-hydrogen) atoms. The summed E-state index contributed by atoms with van der Waals surface area (Å²) in [7, 11) is 0. The third kappa shape index (κ3) is 6.20. The van der Waals surface area contributed by atoms with Crippen LogP contribution in [0.25, 0.3) is 0 Å². The van der Waals surface area contributed by atoms with Crippen LogP contribution in [0.15, 0.2) is 12.8 Å². The van der Waals surface area contributed by atoms with Crippen LogP contribution in [0.5, 0.6) is 0 Å². The molecule has 0 aromatic rings. The second kappa shape index (κ2) is 8.31. The van der Waals surface area contributed by atoms with Crippen molar-refractivity contribution in [1.29, 1.82) is 0 Å². The smallest absolute Gasteiger partial charge is 0.0714 e. The maximum absolute atomic E-state index is 9.83. The summed E-state index contributed by atoms with van der Waals surface area (Å²) in [6, 6.07) is 0. The molecular weight excluding hydrogens is 191 g/mol. The first-order valence-corrected chi connectivity index (χ1v) is 2.41. The summed E-state index contributed by atoms with van der Waals surface area (Å²) in [4.78, 5) is 11.2. The van der Waals surface area contributed by atoms with Gasteiger partial charge in [-0.05, 0) is 6.54 Å². The average Bonchev–Trinajstić information content (AvgIpc) is 1.83. The van der Waals surface area contributed by atoms with Gasteiger partial charge in [-0.3, -0.25) is 0 Å². The Morgan fingerprint density at radius 2 is 2.33 bits per heavy atom. The van der Waals surface area contributed by atoms with Crippen LogP contribution in [0, 0.1) is 6.92 Å². The molecule has 0 rings (SSSR count). The third-order valence-electron chi connectivity index (χ3n) is 0.737. The molecule has 0 bridgehead atoms. The van der Waals surface area contributed by atoms with Crippen LogP contribution in [-0.2, 0) is 37.5 Å². The maximum atomic E-state index is 9.83. The molecule has 0 aliphatic carbocycles. The monoisotopic (exact) mass is 200 g/mol. The quantitative estimate of drug-likeness (QED) is 0.483. The molecule has 0 aromatic carbocycles. The molecule has 0 aliphatic heterocycles. The minimum absolute atomic E-state index is 0. The predicted molar refractivity (Wildman–Crippen MR) is 32.6 cm³/mol. The Hall–Kier alpha value is 0.314. The van der Waals surface area contributed by atoms with Gasteiger partial charge in [0.15, 0.2) is 0 Å². The number of nitrogens with zero attached hydrogens (tertiary/aromatic N) is 1. The van der Waals surface area contributed by atoms with Crippen LogP contribution in [0.4, 0.5) is 0 Å². The Kier molecular flexibility index (Phi) is 11.1. The SMILES string of the molecule is C=CN([C-]=O)CC[CH2-].[Y]. The van der Waals surface area contributed by atoms with Gasteiger partial charge in [-0.2, -0.15) is 19.2 Å². The fraction of sp³-hybridized carbons (Fsp3) is 0.333. The molecular formula is C6H9NOY-2. The van der Waals surface area contributed by atoms with E-state index < -0.39 is 0 Å². The first kappa shape index (κ1) is 12.0. The van der Waals surface area contributed by atoms with E-state index in [1.807, 2.05) is 0 Å². The van der Waals surface area contributed by atoms with Crippen molar-refractivity contribution in [2.75, 3.05) is 6.54 Å². The van der Waals surface area contributed by atoms with E-state index in [0.717, 1.165) is 0 Å². The normalized spacial score (nSPS) is 7.22. The van der Waals surface area contributed by atoms with Crippen molar-refractivity contribution in [2.45, 2.75) is 6.42 Å². The van der Waals surface area contributed by atoms with Gasteiger partial charge >= 0.3 is 0 Å². The van der Waals surface area contributed by atoms with Crippen molar-refractivity contribution in [2.24, 2.45) is 0 Å². The predicted octanol–water partition coefficient (Wildman–Crippen LogP) is 0.721. The summed E-state index contributed by atoms with van der Waals surface area (Å²) >= 11 is 0. The molecule has 0 atom stereocenters. The van der Waals surface area contributed by atoms with Crippen LogP contribution in [-0.4, -0.2) is 17.9 Å². The van der Waals surface area contributed by atoms with E-state index in [9.17, 15) is 4.79 Å². The second-order valence-corrected chi connectivity index (χ2v) is 1.32. The molecule has 0 heterocycles. The molecule has 0 saturated carbocycles. The summed E-state index contributed by atoms with van der Waals surface area (Å²) in [6.07, 6.45) is 3.80. The summed E-state index contributed by atoms with van der Waals surface area (Å²) in [5, 5.41) is 0. The Morgan fingerprint density at radius 1 is 1.78 bits per heavy atom. The Bertz CT molecular complexity index is 77.1. The largest absolute Gasteiger partial charge is 0.485 e. The van der Waals surface area contributed by atoms with Crippen LogP contribution < -0.4 is 0 Å². The molecule has 0 fully saturated rings. The number of carbonyl (C=O) groups excluding carboxylic acids is 1. The molecule has 0 saturated heterocycles. The molecule has 0 N–H and O–H groups in total. The standard InChI is InChI=1S/C6H9NO.Y/c1-3-5-7(4-2)6-8;/h4H,1-3,5H2;/q-2;. The zero-order valence-electron chi connectivity index (χ0n) is 5.34. The van der Waals surface area contributed by atoms with Gasteiger partial charge in [-0.15, -0.1) is 0 Å². The van der Waals surface area contributed by atoms with Crippen LogP contribution >= 0.6 is 0 Å². The van der Waals surface area contributed by atoms with E-state index in [4.69, 9.17) is 0 Å². The Balaban J connectivity index is 0. The second-order valence-electron chi connectivity index (χ2n) is 1.32. The van der Waals surface area contributed by atoms with E-state index in [0.29, 0.717) is 13.0 Å². The fourth-order valence-corrected chi connectivity index (χ4v) is 0.345. The first-order chi connectivity index (χ1) is 3.85. The van der Waals surface area contributed by atoms with Crippen molar-refractivity contribution >= 4 is 6.41 Å². The van der Waals surface area contributed by atoms with Crippen LogP contribution in [0.3, 0.4) is 0 Å². The zero-order valence-corrected chi connectivity index (χ0v) is 8.18. The van der Waals surface area contributed by atoms with Gasteiger partial charge in [0.05, 0.1) is 6.41 Å². The molecule has 49 valence electrons. The molecule has 0 aromatic heterocycles. The van der Waals surface area contributed by atoms with Gasteiger partial charge in [0, 0.05) is 32.7 Å². The molecule has 0 spiro atoms. The van der Waals surface area contributed by atoms with Crippen LogP contribution in [0.1, 0.15) is 6.42 Å². The van der Waals surface area contributed by atoms with Gasteiger partial charge in [0.1, 0.15) is 0 Å². The van der Waals surface area contributed by atoms with Crippen molar-refractivity contribution < 1.29 is 37.5 Å². The number of amides is 1. The Morgan fingerprint density at radius 3 is 2.44 bits per heavy atom. The maximum Gasteiger partial charge on any atom is 0.0714 e. The summed E-state index contributed by atoms with van der Waals surface area (Å²) < 4.78 is 0. The number of hydrogen-bond acceptors (Lipinski definition) is 1. The van der Waals surface area contributed by atoms with Crippen molar-refractivity contribution in [3.05, 3.63) is 19.7 Å². The number of hydrogen-bond donors (Lipinski definition) is 0. The molecule has 0 aliphatic rings.